The summed E-state index contributed by atoms with van der Waals surface area (Å²) in [5.41, 5.74) is 6.75. The molecule has 0 spiro atoms. The minimum Gasteiger partial charge on any atom is -0.322 e. The number of nitrogens with two attached hydrogens (primary N) is 1. The van der Waals surface area contributed by atoms with Crippen LogP contribution in [0.15, 0.2) is 22.1 Å². The summed E-state index contributed by atoms with van der Waals surface area (Å²) in [6.45, 7) is 0. The first-order valence-corrected chi connectivity index (χ1v) is 5.72. The highest BCUT2D eigenvalue weighted by Crippen LogP contribution is 2.25. The van der Waals surface area contributed by atoms with Gasteiger partial charge >= 0.3 is 0 Å². The third-order valence-corrected chi connectivity index (χ3v) is 3.51. The molecule has 2 aromatic rings. The van der Waals surface area contributed by atoms with Crippen molar-refractivity contribution in [2.75, 3.05) is 0 Å². The third-order valence-electron chi connectivity index (χ3n) is 1.86. The Labute approximate surface area is 93.7 Å². The van der Waals surface area contributed by atoms with E-state index >= 15 is 0 Å². The van der Waals surface area contributed by atoms with Gasteiger partial charge in [-0.15, -0.1) is 11.3 Å². The molecule has 0 saturated carbocycles. The average Bonchev–Trinajstić information content (AvgIpc) is 2.75. The monoisotopic (exact) mass is 272 g/mol. The van der Waals surface area contributed by atoms with Gasteiger partial charge in [0.1, 0.15) is 0 Å². The van der Waals surface area contributed by atoms with E-state index in [4.69, 9.17) is 5.73 Å². The van der Waals surface area contributed by atoms with Gasteiger partial charge in [0.25, 0.3) is 0 Å². The Morgan fingerprint density at radius 2 is 2.43 bits per heavy atom. The van der Waals surface area contributed by atoms with Crippen LogP contribution >= 0.6 is 27.3 Å². The van der Waals surface area contributed by atoms with Crippen molar-refractivity contribution in [1.82, 2.24) is 15.4 Å². The summed E-state index contributed by atoms with van der Waals surface area (Å²) < 4.78 is 1.12. The zero-order chi connectivity index (χ0) is 9.97. The molecular weight excluding hydrogens is 264 g/mol. The number of thiophene rings is 1. The van der Waals surface area contributed by atoms with E-state index < -0.39 is 0 Å². The highest BCUT2D eigenvalue weighted by atomic mass is 79.9. The van der Waals surface area contributed by atoms with E-state index in [1.165, 1.54) is 4.88 Å². The van der Waals surface area contributed by atoms with Crippen molar-refractivity contribution in [3.63, 3.8) is 0 Å². The maximum absolute atomic E-state index is 5.95. The number of nitrogens with one attached hydrogen (secondary N) is 1. The molecule has 4 nitrogen and oxygen atoms in total. The Kier molecular flexibility index (Phi) is 2.95. The fourth-order valence-corrected chi connectivity index (χ4v) is 2.71. The van der Waals surface area contributed by atoms with Gasteiger partial charge in [-0.25, -0.2) is 0 Å². The molecule has 14 heavy (non-hydrogen) atoms. The summed E-state index contributed by atoms with van der Waals surface area (Å²) in [6.07, 6.45) is 2.45. The van der Waals surface area contributed by atoms with Crippen LogP contribution in [0, 0.1) is 0 Å². The van der Waals surface area contributed by atoms with E-state index in [1.54, 1.807) is 17.5 Å². The van der Waals surface area contributed by atoms with Gasteiger partial charge in [-0.3, -0.25) is 0 Å². The fraction of sp³-hybridized carbons (Fsp3) is 0.250. The standard InChI is InChI=1S/C8H9BrN4S/c9-8-2-1-5(14-8)3-6(10)7-4-11-13-12-7/h1-2,4,6H,3,10H2,(H,11,12,13). The van der Waals surface area contributed by atoms with Crippen LogP contribution in [-0.4, -0.2) is 15.4 Å². The van der Waals surface area contributed by atoms with Crippen LogP contribution in [0.4, 0.5) is 0 Å². The van der Waals surface area contributed by atoms with Crippen molar-refractivity contribution in [2.24, 2.45) is 5.73 Å². The molecule has 1 unspecified atom stereocenters. The minimum atomic E-state index is -0.0840. The van der Waals surface area contributed by atoms with Crippen LogP contribution in [0.1, 0.15) is 16.6 Å². The Morgan fingerprint density at radius 1 is 1.57 bits per heavy atom. The highest BCUT2D eigenvalue weighted by molar-refractivity contribution is 9.11. The topological polar surface area (TPSA) is 67.6 Å². The minimum absolute atomic E-state index is 0.0840. The van der Waals surface area contributed by atoms with E-state index in [2.05, 4.69) is 37.4 Å². The Morgan fingerprint density at radius 3 is 3.00 bits per heavy atom. The number of aromatic nitrogens is 3. The molecule has 0 radical (unpaired) electrons. The van der Waals surface area contributed by atoms with Crippen molar-refractivity contribution in [2.45, 2.75) is 12.5 Å². The van der Waals surface area contributed by atoms with E-state index in [0.717, 1.165) is 15.9 Å². The number of hydrogen-bond acceptors (Lipinski definition) is 4. The third kappa shape index (κ3) is 2.20. The van der Waals surface area contributed by atoms with Gasteiger partial charge in [0.05, 0.1) is 21.7 Å². The zero-order valence-electron chi connectivity index (χ0n) is 7.27. The van der Waals surface area contributed by atoms with Gasteiger partial charge < -0.3 is 5.73 Å². The number of hydrogen-bond donors (Lipinski definition) is 2. The number of H-pyrrole nitrogens is 1. The van der Waals surface area contributed by atoms with Crippen molar-refractivity contribution in [1.29, 1.82) is 0 Å². The van der Waals surface area contributed by atoms with Crippen LogP contribution in [0.25, 0.3) is 0 Å². The Hall–Kier alpha value is -0.720. The number of rotatable bonds is 3. The molecule has 3 N–H and O–H groups in total. The smallest absolute Gasteiger partial charge is 0.0995 e. The molecule has 0 aliphatic rings. The van der Waals surface area contributed by atoms with E-state index in [9.17, 15) is 0 Å². The first-order valence-electron chi connectivity index (χ1n) is 4.11. The fourth-order valence-electron chi connectivity index (χ4n) is 1.17. The van der Waals surface area contributed by atoms with Crippen LogP contribution in [-0.2, 0) is 6.42 Å². The second kappa shape index (κ2) is 4.20. The number of nitrogens with zero attached hydrogens (tertiary/aromatic N) is 2. The molecule has 2 aromatic heterocycles. The second-order valence-electron chi connectivity index (χ2n) is 2.91. The summed E-state index contributed by atoms with van der Waals surface area (Å²) >= 11 is 5.11. The molecule has 0 fully saturated rings. The molecule has 2 heterocycles. The average molecular weight is 273 g/mol. The maximum atomic E-state index is 5.95. The second-order valence-corrected chi connectivity index (χ2v) is 5.46. The van der Waals surface area contributed by atoms with E-state index in [-0.39, 0.29) is 6.04 Å². The molecule has 1 atom stereocenters. The molecular formula is C8H9BrN4S. The van der Waals surface area contributed by atoms with Crippen molar-refractivity contribution in [3.8, 4) is 0 Å². The van der Waals surface area contributed by atoms with Crippen LogP contribution in [0.5, 0.6) is 0 Å². The zero-order valence-corrected chi connectivity index (χ0v) is 9.68. The van der Waals surface area contributed by atoms with Crippen LogP contribution < -0.4 is 5.73 Å². The van der Waals surface area contributed by atoms with Gasteiger partial charge in [0.15, 0.2) is 0 Å². The van der Waals surface area contributed by atoms with Crippen molar-refractivity contribution >= 4 is 27.3 Å². The van der Waals surface area contributed by atoms with Crippen LogP contribution in [0.2, 0.25) is 0 Å². The van der Waals surface area contributed by atoms with Gasteiger partial charge in [0, 0.05) is 11.3 Å². The number of aromatic amines is 1. The summed E-state index contributed by atoms with van der Waals surface area (Å²) in [7, 11) is 0. The lowest BCUT2D eigenvalue weighted by Gasteiger charge is -2.04. The van der Waals surface area contributed by atoms with Gasteiger partial charge in [-0.05, 0) is 28.1 Å². The van der Waals surface area contributed by atoms with Crippen molar-refractivity contribution < 1.29 is 0 Å². The highest BCUT2D eigenvalue weighted by Gasteiger charge is 2.10. The van der Waals surface area contributed by atoms with Gasteiger partial charge in [-0.2, -0.15) is 15.4 Å². The van der Waals surface area contributed by atoms with Gasteiger partial charge in [-0.1, -0.05) is 0 Å². The molecule has 0 bridgehead atoms. The molecule has 2 rings (SSSR count). The summed E-state index contributed by atoms with van der Waals surface area (Å²) in [5.74, 6) is 0. The Bertz CT molecular complexity index is 397. The normalized spacial score (nSPS) is 13.0. The Balaban J connectivity index is 2.05. The lowest BCUT2D eigenvalue weighted by molar-refractivity contribution is 0.698. The van der Waals surface area contributed by atoms with E-state index in [1.807, 2.05) is 6.07 Å². The van der Waals surface area contributed by atoms with E-state index in [0.29, 0.717) is 0 Å². The van der Waals surface area contributed by atoms with Gasteiger partial charge in [0.2, 0.25) is 0 Å². The number of halogens is 1. The lowest BCUT2D eigenvalue weighted by atomic mass is 10.1. The SMILES string of the molecule is NC(Cc1ccc(Br)s1)c1cn[nH]n1. The molecule has 74 valence electrons. The predicted molar refractivity (Wildman–Crippen MR) is 59.0 cm³/mol. The van der Waals surface area contributed by atoms with Crippen LogP contribution in [0.3, 0.4) is 0 Å². The largest absolute Gasteiger partial charge is 0.322 e. The summed E-state index contributed by atoms with van der Waals surface area (Å²) in [5, 5.41) is 10.2. The quantitative estimate of drug-likeness (QED) is 0.897. The molecule has 6 heteroatoms. The lowest BCUT2D eigenvalue weighted by Crippen LogP contribution is -2.13. The predicted octanol–water partition coefficient (Wildman–Crippen LogP) is 1.87. The maximum Gasteiger partial charge on any atom is 0.0995 e. The van der Waals surface area contributed by atoms with Crippen molar-refractivity contribution in [3.05, 3.63) is 32.7 Å². The molecule has 0 aliphatic heterocycles. The molecule has 0 aromatic carbocycles. The molecule has 0 saturated heterocycles. The summed E-state index contributed by atoms with van der Waals surface area (Å²) in [6, 6.07) is 4.00. The summed E-state index contributed by atoms with van der Waals surface area (Å²) in [4.78, 5) is 1.24. The first kappa shape index (κ1) is 9.82. The molecule has 0 amide bonds. The first-order chi connectivity index (χ1) is 6.75. The molecule has 0 aliphatic carbocycles.